The van der Waals surface area contributed by atoms with Crippen LogP contribution < -0.4 is 5.32 Å². The van der Waals surface area contributed by atoms with Crippen molar-refractivity contribution < 1.29 is 13.9 Å². The Morgan fingerprint density at radius 3 is 2.62 bits per heavy atom. The van der Waals surface area contributed by atoms with E-state index in [1.165, 1.54) is 12.4 Å². The Balaban J connectivity index is 2.03. The standard InChI is InChI=1S/C17H17FN4O2/c1-17(2,3)24-16(23)22-9-11-5-6-14(20-8-11)15-13(18)7-12(19-4)10-21-15/h5-8,10H,9H2,1-3H3,(H,22,23). The second-order valence-electron chi connectivity index (χ2n) is 6.04. The summed E-state index contributed by atoms with van der Waals surface area (Å²) >= 11 is 0. The average molecular weight is 328 g/mol. The number of nitrogens with zero attached hydrogens (tertiary/aromatic N) is 3. The number of halogens is 1. The Kier molecular flexibility index (Phi) is 5.09. The molecule has 0 saturated carbocycles. The van der Waals surface area contributed by atoms with E-state index in [1.54, 1.807) is 32.9 Å². The number of alkyl carbamates (subject to hydrolysis) is 1. The maximum absolute atomic E-state index is 13.9. The predicted octanol–water partition coefficient (Wildman–Crippen LogP) is 3.86. The van der Waals surface area contributed by atoms with Crippen LogP contribution in [0.2, 0.25) is 0 Å². The van der Waals surface area contributed by atoms with Gasteiger partial charge in [-0.25, -0.2) is 14.0 Å². The Bertz CT molecular complexity index is 777. The van der Waals surface area contributed by atoms with Gasteiger partial charge in [0.2, 0.25) is 5.69 Å². The summed E-state index contributed by atoms with van der Waals surface area (Å²) in [5, 5.41) is 2.62. The molecule has 0 fully saturated rings. The lowest BCUT2D eigenvalue weighted by Gasteiger charge is -2.19. The highest BCUT2D eigenvalue weighted by Gasteiger charge is 2.15. The van der Waals surface area contributed by atoms with Crippen LogP contribution >= 0.6 is 0 Å². The van der Waals surface area contributed by atoms with Gasteiger partial charge in [-0.15, -0.1) is 0 Å². The lowest BCUT2D eigenvalue weighted by molar-refractivity contribution is 0.0523. The molecule has 2 rings (SSSR count). The maximum Gasteiger partial charge on any atom is 0.407 e. The summed E-state index contributed by atoms with van der Waals surface area (Å²) in [6.45, 7) is 12.4. The molecule has 24 heavy (non-hydrogen) atoms. The summed E-state index contributed by atoms with van der Waals surface area (Å²) in [6.07, 6.45) is 2.30. The van der Waals surface area contributed by atoms with Crippen LogP contribution in [0.15, 0.2) is 30.6 Å². The van der Waals surface area contributed by atoms with Gasteiger partial charge in [-0.3, -0.25) is 9.97 Å². The summed E-state index contributed by atoms with van der Waals surface area (Å²) in [5.74, 6) is -0.601. The van der Waals surface area contributed by atoms with Crippen molar-refractivity contribution in [2.75, 3.05) is 0 Å². The predicted molar refractivity (Wildman–Crippen MR) is 86.8 cm³/mol. The van der Waals surface area contributed by atoms with Crippen molar-refractivity contribution in [3.05, 3.63) is 53.4 Å². The topological polar surface area (TPSA) is 68.5 Å². The molecule has 0 radical (unpaired) electrons. The quantitative estimate of drug-likeness (QED) is 0.869. The molecule has 0 aliphatic carbocycles. The fourth-order valence-electron chi connectivity index (χ4n) is 1.83. The number of hydrogen-bond donors (Lipinski definition) is 1. The molecule has 7 heteroatoms. The van der Waals surface area contributed by atoms with Crippen LogP contribution in [0.5, 0.6) is 0 Å². The monoisotopic (exact) mass is 328 g/mol. The highest BCUT2D eigenvalue weighted by atomic mass is 19.1. The van der Waals surface area contributed by atoms with E-state index in [2.05, 4.69) is 20.1 Å². The molecule has 2 aromatic rings. The minimum Gasteiger partial charge on any atom is -0.444 e. The zero-order chi connectivity index (χ0) is 17.7. The lowest BCUT2D eigenvalue weighted by atomic mass is 10.2. The maximum atomic E-state index is 13.9. The van der Waals surface area contributed by atoms with E-state index in [0.717, 1.165) is 11.6 Å². The summed E-state index contributed by atoms with van der Waals surface area (Å²) < 4.78 is 19.1. The van der Waals surface area contributed by atoms with E-state index in [9.17, 15) is 9.18 Å². The first-order valence-electron chi connectivity index (χ1n) is 7.23. The Labute approximate surface area is 139 Å². The van der Waals surface area contributed by atoms with Crippen molar-refractivity contribution in [3.63, 3.8) is 0 Å². The zero-order valence-electron chi connectivity index (χ0n) is 13.6. The SMILES string of the molecule is [C-]#[N+]c1cnc(-c2ccc(CNC(=O)OC(C)(C)C)cn2)c(F)c1. The van der Waals surface area contributed by atoms with E-state index in [-0.39, 0.29) is 17.9 Å². The van der Waals surface area contributed by atoms with E-state index < -0.39 is 17.5 Å². The van der Waals surface area contributed by atoms with Gasteiger partial charge in [-0.2, -0.15) is 0 Å². The van der Waals surface area contributed by atoms with Crippen molar-refractivity contribution in [2.24, 2.45) is 0 Å². The average Bonchev–Trinajstić information content (AvgIpc) is 2.52. The number of aromatic nitrogens is 2. The van der Waals surface area contributed by atoms with Gasteiger partial charge < -0.3 is 10.1 Å². The second-order valence-corrected chi connectivity index (χ2v) is 6.04. The van der Waals surface area contributed by atoms with Crippen molar-refractivity contribution in [2.45, 2.75) is 32.9 Å². The minimum atomic E-state index is -0.601. The largest absolute Gasteiger partial charge is 0.444 e. The first-order valence-corrected chi connectivity index (χ1v) is 7.23. The molecule has 1 N–H and O–H groups in total. The number of nitrogens with one attached hydrogen (secondary N) is 1. The van der Waals surface area contributed by atoms with E-state index >= 15 is 0 Å². The van der Waals surface area contributed by atoms with Gasteiger partial charge in [0.1, 0.15) is 17.1 Å². The van der Waals surface area contributed by atoms with Gasteiger partial charge in [-0.1, -0.05) is 6.07 Å². The number of hydrogen-bond acceptors (Lipinski definition) is 4. The number of pyridine rings is 2. The lowest BCUT2D eigenvalue weighted by Crippen LogP contribution is -2.32. The van der Waals surface area contributed by atoms with Crippen LogP contribution in [-0.4, -0.2) is 21.7 Å². The summed E-state index contributed by atoms with van der Waals surface area (Å²) in [7, 11) is 0. The Morgan fingerprint density at radius 2 is 2.08 bits per heavy atom. The molecular weight excluding hydrogens is 311 g/mol. The molecule has 6 nitrogen and oxygen atoms in total. The minimum absolute atomic E-state index is 0.0778. The fourth-order valence-corrected chi connectivity index (χ4v) is 1.83. The molecule has 0 unspecified atom stereocenters. The summed E-state index contributed by atoms with van der Waals surface area (Å²) in [4.78, 5) is 22.8. The van der Waals surface area contributed by atoms with E-state index in [0.29, 0.717) is 5.69 Å². The fraction of sp³-hybridized carbons (Fsp3) is 0.294. The molecule has 2 heterocycles. The molecule has 0 aromatic carbocycles. The second kappa shape index (κ2) is 7.04. The highest BCUT2D eigenvalue weighted by Crippen LogP contribution is 2.22. The third-order valence-electron chi connectivity index (χ3n) is 2.86. The van der Waals surface area contributed by atoms with E-state index in [1.807, 2.05) is 0 Å². The molecule has 0 aliphatic rings. The summed E-state index contributed by atoms with van der Waals surface area (Å²) in [6, 6.07) is 4.44. The van der Waals surface area contributed by atoms with Crippen molar-refractivity contribution in [1.29, 1.82) is 0 Å². The van der Waals surface area contributed by atoms with Gasteiger partial charge in [0.15, 0.2) is 0 Å². The van der Waals surface area contributed by atoms with Crippen molar-refractivity contribution in [1.82, 2.24) is 15.3 Å². The normalized spacial score (nSPS) is 10.8. The highest BCUT2D eigenvalue weighted by molar-refractivity contribution is 5.67. The van der Waals surface area contributed by atoms with Crippen LogP contribution in [0.25, 0.3) is 16.2 Å². The van der Waals surface area contributed by atoms with Gasteiger partial charge in [0.25, 0.3) is 0 Å². The first-order chi connectivity index (χ1) is 11.3. The van der Waals surface area contributed by atoms with Crippen LogP contribution in [0.4, 0.5) is 14.9 Å². The molecule has 0 spiro atoms. The molecule has 0 atom stereocenters. The molecular formula is C17H17FN4O2. The summed E-state index contributed by atoms with van der Waals surface area (Å²) in [5.41, 5.74) is 0.740. The molecule has 2 aromatic heterocycles. The van der Waals surface area contributed by atoms with Crippen LogP contribution in [0.3, 0.4) is 0 Å². The third-order valence-corrected chi connectivity index (χ3v) is 2.86. The number of ether oxygens (including phenoxy) is 1. The molecule has 0 bridgehead atoms. The number of carbonyl (C=O) groups is 1. The zero-order valence-corrected chi connectivity index (χ0v) is 13.6. The van der Waals surface area contributed by atoms with E-state index in [4.69, 9.17) is 11.3 Å². The smallest absolute Gasteiger partial charge is 0.407 e. The van der Waals surface area contributed by atoms with Crippen LogP contribution in [0, 0.1) is 12.4 Å². The third kappa shape index (κ3) is 4.74. The Morgan fingerprint density at radius 1 is 1.33 bits per heavy atom. The number of carbonyl (C=O) groups excluding carboxylic acids is 1. The van der Waals surface area contributed by atoms with Gasteiger partial charge in [0.05, 0.1) is 12.3 Å². The Hall–Kier alpha value is -3.01. The van der Waals surface area contributed by atoms with Crippen LogP contribution in [0.1, 0.15) is 26.3 Å². The van der Waals surface area contributed by atoms with Gasteiger partial charge >= 0.3 is 6.09 Å². The van der Waals surface area contributed by atoms with Gasteiger partial charge in [-0.05, 0) is 38.5 Å². The van der Waals surface area contributed by atoms with Crippen molar-refractivity contribution >= 4 is 11.8 Å². The number of amides is 1. The molecule has 124 valence electrons. The first kappa shape index (κ1) is 17.3. The van der Waals surface area contributed by atoms with Gasteiger partial charge in [0, 0.05) is 18.9 Å². The van der Waals surface area contributed by atoms with Crippen molar-refractivity contribution in [3.8, 4) is 11.4 Å². The number of rotatable bonds is 3. The van der Waals surface area contributed by atoms with Crippen LogP contribution in [-0.2, 0) is 11.3 Å². The molecule has 1 amide bonds. The molecule has 0 aliphatic heterocycles. The molecule has 0 saturated heterocycles.